The van der Waals surface area contributed by atoms with Gasteiger partial charge in [-0.25, -0.2) is 0 Å². The van der Waals surface area contributed by atoms with Crippen LogP contribution in [0.5, 0.6) is 0 Å². The van der Waals surface area contributed by atoms with Gasteiger partial charge in [0.25, 0.3) is 5.69 Å². The molecule has 0 amide bonds. The summed E-state index contributed by atoms with van der Waals surface area (Å²) in [6.07, 6.45) is 2.78. The Morgan fingerprint density at radius 2 is 2.12 bits per heavy atom. The third-order valence-corrected chi connectivity index (χ3v) is 2.82. The van der Waals surface area contributed by atoms with E-state index < -0.39 is 0 Å². The molecule has 0 aliphatic carbocycles. The predicted octanol–water partition coefficient (Wildman–Crippen LogP) is 2.92. The maximum Gasteiger partial charge on any atom is 0.272 e. The lowest BCUT2D eigenvalue weighted by Crippen LogP contribution is -2.25. The predicted molar refractivity (Wildman–Crippen MR) is 69.2 cm³/mol. The number of nitrogens with zero attached hydrogens (tertiary/aromatic N) is 1. The van der Waals surface area contributed by atoms with Crippen molar-refractivity contribution < 1.29 is 4.92 Å². The molecule has 0 spiro atoms. The van der Waals surface area contributed by atoms with Crippen molar-refractivity contribution >= 4 is 5.69 Å². The zero-order valence-electron chi connectivity index (χ0n) is 10.5. The maximum absolute atomic E-state index is 10.8. The van der Waals surface area contributed by atoms with E-state index >= 15 is 0 Å². The highest BCUT2D eigenvalue weighted by Gasteiger charge is 2.11. The molecule has 0 aromatic heterocycles. The van der Waals surface area contributed by atoms with Crippen LogP contribution in [0.3, 0.4) is 0 Å². The Morgan fingerprint density at radius 1 is 1.41 bits per heavy atom. The number of rotatable bonds is 7. The normalized spacial score (nSPS) is 12.4. The number of para-hydroxylation sites is 1. The molecule has 1 atom stereocenters. The third kappa shape index (κ3) is 4.53. The minimum absolute atomic E-state index is 0.239. The Labute approximate surface area is 102 Å². The molecule has 0 aliphatic rings. The van der Waals surface area contributed by atoms with E-state index in [-0.39, 0.29) is 10.6 Å². The SMILES string of the molecule is CCNC(C)CCCc1ccccc1[N+](=O)[O-]. The van der Waals surface area contributed by atoms with E-state index in [1.807, 2.05) is 12.1 Å². The van der Waals surface area contributed by atoms with E-state index in [1.54, 1.807) is 12.1 Å². The van der Waals surface area contributed by atoms with Crippen molar-refractivity contribution in [3.8, 4) is 0 Å². The molecule has 0 heterocycles. The molecule has 0 aliphatic heterocycles. The average Bonchev–Trinajstić information content (AvgIpc) is 2.30. The number of hydrogen-bond acceptors (Lipinski definition) is 3. The lowest BCUT2D eigenvalue weighted by Gasteiger charge is -2.11. The van der Waals surface area contributed by atoms with Gasteiger partial charge in [0, 0.05) is 17.7 Å². The van der Waals surface area contributed by atoms with Crippen LogP contribution in [0.4, 0.5) is 5.69 Å². The van der Waals surface area contributed by atoms with E-state index in [9.17, 15) is 10.1 Å². The largest absolute Gasteiger partial charge is 0.315 e. The number of nitrogens with one attached hydrogen (secondary N) is 1. The second kappa shape index (κ2) is 7.01. The molecule has 4 nitrogen and oxygen atoms in total. The molecule has 17 heavy (non-hydrogen) atoms. The molecule has 1 unspecified atom stereocenters. The second-order valence-electron chi connectivity index (χ2n) is 4.24. The fourth-order valence-electron chi connectivity index (χ4n) is 1.95. The lowest BCUT2D eigenvalue weighted by molar-refractivity contribution is -0.385. The van der Waals surface area contributed by atoms with Crippen LogP contribution >= 0.6 is 0 Å². The van der Waals surface area contributed by atoms with Crippen LogP contribution in [0, 0.1) is 10.1 Å². The first-order valence-electron chi connectivity index (χ1n) is 6.10. The summed E-state index contributed by atoms with van der Waals surface area (Å²) in [7, 11) is 0. The summed E-state index contributed by atoms with van der Waals surface area (Å²) in [6, 6.07) is 7.46. The fraction of sp³-hybridized carbons (Fsp3) is 0.538. The van der Waals surface area contributed by atoms with Gasteiger partial charge >= 0.3 is 0 Å². The van der Waals surface area contributed by atoms with Gasteiger partial charge in [-0.05, 0) is 32.7 Å². The van der Waals surface area contributed by atoms with Crippen molar-refractivity contribution in [2.24, 2.45) is 0 Å². The van der Waals surface area contributed by atoms with Gasteiger partial charge in [-0.15, -0.1) is 0 Å². The number of benzene rings is 1. The van der Waals surface area contributed by atoms with Gasteiger partial charge in [-0.2, -0.15) is 0 Å². The van der Waals surface area contributed by atoms with Gasteiger partial charge < -0.3 is 5.32 Å². The van der Waals surface area contributed by atoms with Gasteiger partial charge in [0.05, 0.1) is 4.92 Å². The molecule has 0 bridgehead atoms. The molecule has 1 N–H and O–H groups in total. The molecule has 1 rings (SSSR count). The average molecular weight is 236 g/mol. The summed E-state index contributed by atoms with van der Waals surface area (Å²) in [4.78, 5) is 10.5. The number of hydrogen-bond donors (Lipinski definition) is 1. The summed E-state index contributed by atoms with van der Waals surface area (Å²) in [5, 5.41) is 14.1. The quantitative estimate of drug-likeness (QED) is 0.585. The maximum atomic E-state index is 10.8. The van der Waals surface area contributed by atoms with Crippen LogP contribution in [0.15, 0.2) is 24.3 Å². The molecule has 1 aromatic rings. The highest BCUT2D eigenvalue weighted by atomic mass is 16.6. The summed E-state index contributed by atoms with van der Waals surface area (Å²) < 4.78 is 0. The zero-order chi connectivity index (χ0) is 12.7. The van der Waals surface area contributed by atoms with Crippen molar-refractivity contribution in [2.75, 3.05) is 6.54 Å². The van der Waals surface area contributed by atoms with Crippen LogP contribution in [0.1, 0.15) is 32.3 Å². The Hall–Kier alpha value is -1.42. The van der Waals surface area contributed by atoms with Crippen molar-refractivity contribution in [3.05, 3.63) is 39.9 Å². The molecule has 0 saturated carbocycles. The van der Waals surface area contributed by atoms with Crippen molar-refractivity contribution in [3.63, 3.8) is 0 Å². The Kier molecular flexibility index (Phi) is 5.63. The van der Waals surface area contributed by atoms with E-state index in [2.05, 4.69) is 19.2 Å². The topological polar surface area (TPSA) is 55.2 Å². The second-order valence-corrected chi connectivity index (χ2v) is 4.24. The Bertz CT molecular complexity index is 366. The first-order valence-corrected chi connectivity index (χ1v) is 6.10. The van der Waals surface area contributed by atoms with Crippen molar-refractivity contribution in [1.82, 2.24) is 5.32 Å². The number of nitro groups is 1. The number of aryl methyl sites for hydroxylation is 1. The molecule has 0 saturated heterocycles. The number of nitro benzene ring substituents is 1. The van der Waals surface area contributed by atoms with E-state index in [1.165, 1.54) is 0 Å². The molecular weight excluding hydrogens is 216 g/mol. The summed E-state index contributed by atoms with van der Waals surface area (Å²) >= 11 is 0. The van der Waals surface area contributed by atoms with E-state index in [0.29, 0.717) is 6.04 Å². The molecule has 1 aromatic carbocycles. The molecular formula is C13H20N2O2. The van der Waals surface area contributed by atoms with Crippen LogP contribution in [-0.4, -0.2) is 17.5 Å². The molecule has 0 fully saturated rings. The van der Waals surface area contributed by atoms with Crippen LogP contribution in [-0.2, 0) is 6.42 Å². The summed E-state index contributed by atoms with van der Waals surface area (Å²) in [5.41, 5.74) is 1.07. The van der Waals surface area contributed by atoms with E-state index in [4.69, 9.17) is 0 Å². The third-order valence-electron chi connectivity index (χ3n) is 2.82. The minimum Gasteiger partial charge on any atom is -0.315 e. The van der Waals surface area contributed by atoms with Crippen molar-refractivity contribution in [1.29, 1.82) is 0 Å². The van der Waals surface area contributed by atoms with Gasteiger partial charge in [0.2, 0.25) is 0 Å². The fourth-order valence-corrected chi connectivity index (χ4v) is 1.95. The first kappa shape index (κ1) is 13.6. The highest BCUT2D eigenvalue weighted by Crippen LogP contribution is 2.19. The minimum atomic E-state index is -0.303. The van der Waals surface area contributed by atoms with Crippen LogP contribution in [0.25, 0.3) is 0 Å². The molecule has 94 valence electrons. The first-order chi connectivity index (χ1) is 8.15. The molecule has 0 radical (unpaired) electrons. The van der Waals surface area contributed by atoms with Gasteiger partial charge in [-0.1, -0.05) is 25.1 Å². The molecule has 4 heteroatoms. The Balaban J connectivity index is 2.49. The van der Waals surface area contributed by atoms with Crippen molar-refractivity contribution in [2.45, 2.75) is 39.2 Å². The summed E-state index contributed by atoms with van der Waals surface area (Å²) in [5.74, 6) is 0. The van der Waals surface area contributed by atoms with Crippen LogP contribution in [0.2, 0.25) is 0 Å². The highest BCUT2D eigenvalue weighted by molar-refractivity contribution is 5.39. The lowest BCUT2D eigenvalue weighted by atomic mass is 10.0. The monoisotopic (exact) mass is 236 g/mol. The zero-order valence-corrected chi connectivity index (χ0v) is 10.5. The Morgan fingerprint density at radius 3 is 2.76 bits per heavy atom. The van der Waals surface area contributed by atoms with Gasteiger partial charge in [0.15, 0.2) is 0 Å². The smallest absolute Gasteiger partial charge is 0.272 e. The van der Waals surface area contributed by atoms with Gasteiger partial charge in [-0.3, -0.25) is 10.1 Å². The standard InChI is InChI=1S/C13H20N2O2/c1-3-14-11(2)7-6-9-12-8-4-5-10-13(12)15(16)17/h4-5,8,10-11,14H,3,6-7,9H2,1-2H3. The van der Waals surface area contributed by atoms with E-state index in [0.717, 1.165) is 31.4 Å². The van der Waals surface area contributed by atoms with Crippen LogP contribution < -0.4 is 5.32 Å². The summed E-state index contributed by atoms with van der Waals surface area (Å²) in [6.45, 7) is 5.19. The van der Waals surface area contributed by atoms with Gasteiger partial charge in [0.1, 0.15) is 0 Å².